The van der Waals surface area contributed by atoms with Gasteiger partial charge in [-0.3, -0.25) is 14.0 Å². The number of ether oxygens (including phenoxy) is 1. The van der Waals surface area contributed by atoms with Crippen LogP contribution in [0.25, 0.3) is 6.08 Å². The normalized spacial score (nSPS) is 16.7. The van der Waals surface area contributed by atoms with E-state index in [2.05, 4.69) is 10.1 Å². The van der Waals surface area contributed by atoms with Crippen LogP contribution < -0.4 is 14.9 Å². The minimum Gasteiger partial charge on any atom is -0.463 e. The first-order valence-electron chi connectivity index (χ1n) is 9.29. The van der Waals surface area contributed by atoms with E-state index in [1.54, 1.807) is 29.3 Å². The summed E-state index contributed by atoms with van der Waals surface area (Å²) < 4.78 is 9.23. The lowest BCUT2D eigenvalue weighted by Gasteiger charge is -2.23. The topological polar surface area (TPSA) is 78.5 Å². The highest BCUT2D eigenvalue weighted by Gasteiger charge is 2.33. The summed E-state index contributed by atoms with van der Waals surface area (Å²) >= 11 is 2.82. The highest BCUT2D eigenvalue weighted by atomic mass is 32.1. The van der Waals surface area contributed by atoms with Crippen molar-refractivity contribution >= 4 is 34.7 Å². The zero-order valence-corrected chi connectivity index (χ0v) is 17.9. The first kappa shape index (κ1) is 19.5. The van der Waals surface area contributed by atoms with Crippen LogP contribution >= 0.6 is 22.7 Å². The Morgan fingerprint density at radius 2 is 2.21 bits per heavy atom. The van der Waals surface area contributed by atoms with Gasteiger partial charge in [0.05, 0.1) is 28.6 Å². The number of rotatable bonds is 5. The van der Waals surface area contributed by atoms with Crippen molar-refractivity contribution < 1.29 is 9.53 Å². The van der Waals surface area contributed by atoms with Crippen LogP contribution in [-0.2, 0) is 16.1 Å². The molecule has 0 amide bonds. The van der Waals surface area contributed by atoms with E-state index in [1.165, 1.54) is 22.7 Å². The molecule has 29 heavy (non-hydrogen) atoms. The van der Waals surface area contributed by atoms with Crippen LogP contribution in [0.1, 0.15) is 37.3 Å². The molecule has 0 saturated carbocycles. The summed E-state index contributed by atoms with van der Waals surface area (Å²) in [5, 5.41) is 6.19. The number of thiazole rings is 1. The molecule has 0 spiro atoms. The molecule has 1 unspecified atom stereocenters. The van der Waals surface area contributed by atoms with Gasteiger partial charge in [0.15, 0.2) is 4.80 Å². The van der Waals surface area contributed by atoms with Gasteiger partial charge in [0.1, 0.15) is 6.04 Å². The third-order valence-corrected chi connectivity index (χ3v) is 6.51. The van der Waals surface area contributed by atoms with E-state index in [1.807, 2.05) is 36.7 Å². The zero-order chi connectivity index (χ0) is 20.5. The Bertz CT molecular complexity index is 1260. The molecule has 4 heterocycles. The van der Waals surface area contributed by atoms with Gasteiger partial charge in [0.25, 0.3) is 5.56 Å². The first-order valence-corrected chi connectivity index (χ1v) is 11.0. The molecule has 0 N–H and O–H groups in total. The summed E-state index contributed by atoms with van der Waals surface area (Å²) in [5.41, 5.74) is 1.66. The van der Waals surface area contributed by atoms with Gasteiger partial charge in [0, 0.05) is 23.2 Å². The van der Waals surface area contributed by atoms with Crippen molar-refractivity contribution in [1.82, 2.24) is 14.3 Å². The van der Waals surface area contributed by atoms with Gasteiger partial charge in [-0.15, -0.1) is 11.3 Å². The molecule has 7 nitrogen and oxygen atoms in total. The summed E-state index contributed by atoms with van der Waals surface area (Å²) in [7, 11) is 0. The summed E-state index contributed by atoms with van der Waals surface area (Å²) in [6, 6.07) is 3.30. The Kier molecular flexibility index (Phi) is 5.33. The quantitative estimate of drug-likeness (QED) is 0.583. The molecule has 3 aromatic rings. The maximum atomic E-state index is 13.3. The van der Waals surface area contributed by atoms with Crippen molar-refractivity contribution in [3.63, 3.8) is 0 Å². The highest BCUT2D eigenvalue weighted by molar-refractivity contribution is 7.10. The molecule has 9 heteroatoms. The SMILES string of the molecule is CCOC(=O)C1=C(C)N=c2s/c(=C/c3cnn(CC)c3)c(=O)n2C1c1cccs1. The van der Waals surface area contributed by atoms with Gasteiger partial charge in [-0.1, -0.05) is 17.4 Å². The largest absolute Gasteiger partial charge is 0.463 e. The number of nitrogens with zero attached hydrogens (tertiary/aromatic N) is 4. The van der Waals surface area contributed by atoms with Crippen LogP contribution in [0.4, 0.5) is 0 Å². The predicted molar refractivity (Wildman–Crippen MR) is 113 cm³/mol. The number of thiophene rings is 1. The van der Waals surface area contributed by atoms with Crippen LogP contribution in [0, 0.1) is 0 Å². The number of aromatic nitrogens is 3. The van der Waals surface area contributed by atoms with E-state index >= 15 is 0 Å². The maximum absolute atomic E-state index is 13.3. The van der Waals surface area contributed by atoms with Gasteiger partial charge in [-0.2, -0.15) is 5.10 Å². The van der Waals surface area contributed by atoms with Crippen molar-refractivity contribution in [2.75, 3.05) is 6.61 Å². The number of carbonyl (C=O) groups is 1. The number of fused-ring (bicyclic) bond motifs is 1. The second-order valence-corrected chi connectivity index (χ2v) is 8.44. The first-order chi connectivity index (χ1) is 14.0. The van der Waals surface area contributed by atoms with Gasteiger partial charge in [0.2, 0.25) is 0 Å². The van der Waals surface area contributed by atoms with Crippen LogP contribution in [0.5, 0.6) is 0 Å². The summed E-state index contributed by atoms with van der Waals surface area (Å²) in [6.45, 7) is 6.58. The summed E-state index contributed by atoms with van der Waals surface area (Å²) in [4.78, 5) is 32.1. The van der Waals surface area contributed by atoms with E-state index in [-0.39, 0.29) is 12.2 Å². The Balaban J connectivity index is 1.92. The van der Waals surface area contributed by atoms with Crippen LogP contribution in [-0.4, -0.2) is 26.9 Å². The second kappa shape index (κ2) is 7.92. The van der Waals surface area contributed by atoms with Crippen molar-refractivity contribution in [3.8, 4) is 0 Å². The molecule has 150 valence electrons. The van der Waals surface area contributed by atoms with E-state index in [0.29, 0.717) is 20.6 Å². The van der Waals surface area contributed by atoms with Crippen molar-refractivity contribution in [2.45, 2.75) is 33.4 Å². The van der Waals surface area contributed by atoms with Crippen LogP contribution in [0.2, 0.25) is 0 Å². The lowest BCUT2D eigenvalue weighted by Crippen LogP contribution is -2.39. The highest BCUT2D eigenvalue weighted by Crippen LogP contribution is 2.33. The van der Waals surface area contributed by atoms with Crippen molar-refractivity contribution in [2.24, 2.45) is 4.99 Å². The molecular weight excluding hydrogens is 408 g/mol. The number of hydrogen-bond acceptors (Lipinski definition) is 7. The Morgan fingerprint density at radius 1 is 1.38 bits per heavy atom. The van der Waals surface area contributed by atoms with Gasteiger partial charge >= 0.3 is 5.97 Å². The van der Waals surface area contributed by atoms with E-state index in [9.17, 15) is 9.59 Å². The fourth-order valence-corrected chi connectivity index (χ4v) is 5.16. The van der Waals surface area contributed by atoms with Gasteiger partial charge in [-0.25, -0.2) is 9.79 Å². The molecular formula is C20H20N4O3S2. The molecule has 4 rings (SSSR count). The minimum atomic E-state index is -0.536. The molecule has 0 aliphatic carbocycles. The number of allylic oxidation sites excluding steroid dienone is 1. The van der Waals surface area contributed by atoms with E-state index in [0.717, 1.165) is 17.0 Å². The molecule has 1 aliphatic heterocycles. The number of carbonyl (C=O) groups excluding carboxylic acids is 1. The molecule has 1 atom stereocenters. The van der Waals surface area contributed by atoms with Gasteiger partial charge in [-0.05, 0) is 38.3 Å². The summed E-state index contributed by atoms with van der Waals surface area (Å²) in [5.74, 6) is -0.439. The number of hydrogen-bond donors (Lipinski definition) is 0. The average molecular weight is 429 g/mol. The predicted octanol–water partition coefficient (Wildman–Crippen LogP) is 2.08. The van der Waals surface area contributed by atoms with Gasteiger partial charge < -0.3 is 4.74 Å². The van der Waals surface area contributed by atoms with Crippen LogP contribution in [0.3, 0.4) is 0 Å². The Hall–Kier alpha value is -2.78. The molecule has 0 aromatic carbocycles. The minimum absolute atomic E-state index is 0.175. The molecule has 0 saturated heterocycles. The Labute approximate surface area is 174 Å². The van der Waals surface area contributed by atoms with E-state index in [4.69, 9.17) is 4.74 Å². The Morgan fingerprint density at radius 3 is 2.86 bits per heavy atom. The maximum Gasteiger partial charge on any atom is 0.338 e. The summed E-state index contributed by atoms with van der Waals surface area (Å²) in [6.07, 6.45) is 5.44. The molecule has 0 radical (unpaired) electrons. The second-order valence-electron chi connectivity index (χ2n) is 6.45. The van der Waals surface area contributed by atoms with Crippen molar-refractivity contribution in [3.05, 3.63) is 71.3 Å². The lowest BCUT2D eigenvalue weighted by molar-refractivity contribution is -0.139. The zero-order valence-electron chi connectivity index (χ0n) is 16.3. The third-order valence-electron chi connectivity index (χ3n) is 4.60. The molecule has 0 bridgehead atoms. The molecule has 3 aromatic heterocycles. The lowest BCUT2D eigenvalue weighted by atomic mass is 10.0. The molecule has 1 aliphatic rings. The monoisotopic (exact) mass is 428 g/mol. The number of aryl methyl sites for hydroxylation is 1. The molecule has 0 fully saturated rings. The number of esters is 1. The van der Waals surface area contributed by atoms with Crippen LogP contribution in [0.15, 0.2) is 51.0 Å². The average Bonchev–Trinajstić information content (AvgIpc) is 3.43. The van der Waals surface area contributed by atoms with E-state index < -0.39 is 12.0 Å². The fraction of sp³-hybridized carbons (Fsp3) is 0.300. The standard InChI is InChI=1S/C20H20N4O3S2/c1-4-23-11-13(10-21-23)9-15-18(25)24-17(14-7-6-8-28-14)16(19(26)27-5-2)12(3)22-20(24)29-15/h6-11,17H,4-5H2,1-3H3/b15-9+. The smallest absolute Gasteiger partial charge is 0.338 e. The third kappa shape index (κ3) is 3.51. The van der Waals surface area contributed by atoms with Crippen molar-refractivity contribution in [1.29, 1.82) is 0 Å². The fourth-order valence-electron chi connectivity index (χ4n) is 3.29.